The van der Waals surface area contributed by atoms with Crippen molar-refractivity contribution in [3.63, 3.8) is 0 Å². The van der Waals surface area contributed by atoms with Crippen molar-refractivity contribution in [1.29, 1.82) is 0 Å². The fraction of sp³-hybridized carbons (Fsp3) is 0.429. The van der Waals surface area contributed by atoms with Gasteiger partial charge in [-0.1, -0.05) is 22.0 Å². The fourth-order valence-corrected chi connectivity index (χ4v) is 2.66. The van der Waals surface area contributed by atoms with Crippen LogP contribution in [0.1, 0.15) is 24.0 Å². The topological polar surface area (TPSA) is 58.6 Å². The van der Waals surface area contributed by atoms with Crippen molar-refractivity contribution in [2.75, 3.05) is 7.05 Å². The van der Waals surface area contributed by atoms with E-state index in [0.29, 0.717) is 26.0 Å². The van der Waals surface area contributed by atoms with E-state index in [1.54, 1.807) is 12.1 Å². The lowest BCUT2D eigenvalue weighted by Crippen LogP contribution is -2.46. The minimum atomic E-state index is -0.447. The molecule has 0 bridgehead atoms. The zero-order valence-corrected chi connectivity index (χ0v) is 12.9. The molecule has 0 saturated carbocycles. The second-order valence-corrected chi connectivity index (χ2v) is 5.55. The molecular formula is C14H17BrN2O3. The number of aldehydes is 1. The number of amides is 1. The van der Waals surface area contributed by atoms with E-state index in [1.165, 1.54) is 0 Å². The predicted octanol–water partition coefficient (Wildman–Crippen LogP) is 1.79. The lowest BCUT2D eigenvalue weighted by Gasteiger charge is -2.33. The number of hydrogen-bond donors (Lipinski definition) is 1. The number of nitrogens with one attached hydrogen (secondary N) is 1. The molecule has 1 unspecified atom stereocenters. The van der Waals surface area contributed by atoms with Gasteiger partial charge in [0.15, 0.2) is 0 Å². The molecule has 108 valence electrons. The molecule has 0 spiro atoms. The molecule has 1 heterocycles. The number of halogens is 1. The molecule has 0 saturated heterocycles. The Morgan fingerprint density at radius 3 is 3.05 bits per heavy atom. The summed E-state index contributed by atoms with van der Waals surface area (Å²) < 4.78 is 1.00. The summed E-state index contributed by atoms with van der Waals surface area (Å²) >= 11 is 3.45. The SMILES string of the molecule is CNC(=O)C(CCC=O)N1Cc2cc(Br)ccc2CO1. The van der Waals surface area contributed by atoms with Crippen LogP contribution in [0.15, 0.2) is 22.7 Å². The summed E-state index contributed by atoms with van der Waals surface area (Å²) in [7, 11) is 1.59. The fourth-order valence-electron chi connectivity index (χ4n) is 2.25. The van der Waals surface area contributed by atoms with Crippen molar-refractivity contribution in [2.24, 2.45) is 0 Å². The standard InChI is InChI=1S/C14H17BrN2O3/c1-16-14(19)13(3-2-6-18)17-8-11-7-12(15)5-4-10(11)9-20-17/h4-7,13H,2-3,8-9H2,1H3,(H,16,19). The van der Waals surface area contributed by atoms with Crippen LogP contribution in [0.3, 0.4) is 0 Å². The van der Waals surface area contributed by atoms with E-state index in [2.05, 4.69) is 21.2 Å². The smallest absolute Gasteiger partial charge is 0.239 e. The van der Waals surface area contributed by atoms with Crippen LogP contribution in [0.4, 0.5) is 0 Å². The Bertz CT molecular complexity index is 507. The first-order valence-corrected chi connectivity index (χ1v) is 7.27. The van der Waals surface area contributed by atoms with Crippen LogP contribution in [0, 0.1) is 0 Å². The van der Waals surface area contributed by atoms with Gasteiger partial charge in [0.1, 0.15) is 12.3 Å². The van der Waals surface area contributed by atoms with Gasteiger partial charge in [0.2, 0.25) is 5.91 Å². The Labute approximate surface area is 126 Å². The zero-order valence-electron chi connectivity index (χ0n) is 11.3. The van der Waals surface area contributed by atoms with Crippen molar-refractivity contribution < 1.29 is 14.4 Å². The summed E-state index contributed by atoms with van der Waals surface area (Å²) in [6.45, 7) is 0.975. The normalized spacial score (nSPS) is 16.3. The average molecular weight is 341 g/mol. The van der Waals surface area contributed by atoms with Crippen LogP contribution in [0.5, 0.6) is 0 Å². The molecule has 0 fully saturated rings. The minimum Gasteiger partial charge on any atom is -0.358 e. The molecule has 5 nitrogen and oxygen atoms in total. The Morgan fingerprint density at radius 2 is 2.35 bits per heavy atom. The Kier molecular flexibility index (Phi) is 5.28. The van der Waals surface area contributed by atoms with Gasteiger partial charge in [0, 0.05) is 17.9 Å². The van der Waals surface area contributed by atoms with Gasteiger partial charge in [-0.25, -0.2) is 0 Å². The Morgan fingerprint density at radius 1 is 1.55 bits per heavy atom. The number of nitrogens with zero attached hydrogens (tertiary/aromatic N) is 1. The number of benzene rings is 1. The van der Waals surface area contributed by atoms with Crippen molar-refractivity contribution in [3.05, 3.63) is 33.8 Å². The molecule has 1 aliphatic rings. The maximum absolute atomic E-state index is 11.9. The number of carbonyl (C=O) groups excluding carboxylic acids is 2. The molecule has 1 aliphatic heterocycles. The molecule has 1 N–H and O–H groups in total. The lowest BCUT2D eigenvalue weighted by molar-refractivity contribution is -0.214. The highest BCUT2D eigenvalue weighted by Crippen LogP contribution is 2.25. The second-order valence-electron chi connectivity index (χ2n) is 4.64. The average Bonchev–Trinajstić information content (AvgIpc) is 2.46. The van der Waals surface area contributed by atoms with Gasteiger partial charge in [-0.3, -0.25) is 9.63 Å². The number of hydroxylamine groups is 2. The van der Waals surface area contributed by atoms with Crippen LogP contribution in [-0.2, 0) is 27.6 Å². The van der Waals surface area contributed by atoms with Gasteiger partial charge in [-0.15, -0.1) is 0 Å². The molecular weight excluding hydrogens is 324 g/mol. The van der Waals surface area contributed by atoms with E-state index in [-0.39, 0.29) is 5.91 Å². The number of fused-ring (bicyclic) bond motifs is 1. The highest BCUT2D eigenvalue weighted by molar-refractivity contribution is 9.10. The maximum atomic E-state index is 11.9. The molecule has 0 radical (unpaired) electrons. The molecule has 0 aliphatic carbocycles. The molecule has 1 aromatic carbocycles. The predicted molar refractivity (Wildman–Crippen MR) is 77.6 cm³/mol. The van der Waals surface area contributed by atoms with Crippen molar-refractivity contribution in [2.45, 2.75) is 32.0 Å². The number of hydrogen-bond acceptors (Lipinski definition) is 4. The summed E-state index contributed by atoms with van der Waals surface area (Å²) in [5.74, 6) is -0.134. The monoisotopic (exact) mass is 340 g/mol. The second kappa shape index (κ2) is 6.97. The van der Waals surface area contributed by atoms with Crippen molar-refractivity contribution in [3.8, 4) is 0 Å². The van der Waals surface area contributed by atoms with Crippen LogP contribution in [0.25, 0.3) is 0 Å². The largest absolute Gasteiger partial charge is 0.358 e. The third-order valence-electron chi connectivity index (χ3n) is 3.33. The first-order valence-electron chi connectivity index (χ1n) is 6.47. The van der Waals surface area contributed by atoms with Gasteiger partial charge < -0.3 is 10.1 Å². The molecule has 2 rings (SSSR count). The van der Waals surface area contributed by atoms with Gasteiger partial charge in [-0.2, -0.15) is 5.06 Å². The van der Waals surface area contributed by atoms with Crippen LogP contribution in [-0.4, -0.2) is 30.3 Å². The number of likely N-dealkylation sites (N-methyl/N-ethyl adjacent to an activating group) is 1. The van der Waals surface area contributed by atoms with Crippen molar-refractivity contribution >= 4 is 28.1 Å². The molecule has 20 heavy (non-hydrogen) atoms. The van der Waals surface area contributed by atoms with E-state index in [1.807, 2.05) is 18.2 Å². The van der Waals surface area contributed by atoms with E-state index in [9.17, 15) is 9.59 Å². The highest BCUT2D eigenvalue weighted by atomic mass is 79.9. The summed E-state index contributed by atoms with van der Waals surface area (Å²) in [4.78, 5) is 28.2. The number of carbonyl (C=O) groups is 2. The van der Waals surface area contributed by atoms with Gasteiger partial charge >= 0.3 is 0 Å². The molecule has 1 amide bonds. The molecule has 1 atom stereocenters. The van der Waals surface area contributed by atoms with Crippen molar-refractivity contribution in [1.82, 2.24) is 10.4 Å². The third-order valence-corrected chi connectivity index (χ3v) is 3.83. The first-order chi connectivity index (χ1) is 9.65. The Hall–Kier alpha value is -1.24. The number of rotatable bonds is 5. The van der Waals surface area contributed by atoms with Crippen LogP contribution >= 0.6 is 15.9 Å². The van der Waals surface area contributed by atoms with E-state index < -0.39 is 6.04 Å². The minimum absolute atomic E-state index is 0.134. The summed E-state index contributed by atoms with van der Waals surface area (Å²) in [5, 5.41) is 4.28. The van der Waals surface area contributed by atoms with Gasteiger partial charge in [0.05, 0.1) is 13.2 Å². The zero-order chi connectivity index (χ0) is 14.5. The van der Waals surface area contributed by atoms with Gasteiger partial charge in [-0.05, 0) is 29.7 Å². The Balaban J connectivity index is 2.15. The lowest BCUT2D eigenvalue weighted by atomic mass is 10.0. The summed E-state index contributed by atoms with van der Waals surface area (Å²) in [5.41, 5.74) is 2.25. The quantitative estimate of drug-likeness (QED) is 0.830. The highest BCUT2D eigenvalue weighted by Gasteiger charge is 2.29. The molecule has 0 aromatic heterocycles. The van der Waals surface area contributed by atoms with E-state index in [0.717, 1.165) is 21.9 Å². The van der Waals surface area contributed by atoms with E-state index in [4.69, 9.17) is 4.84 Å². The molecule has 1 aromatic rings. The first kappa shape index (κ1) is 15.2. The summed E-state index contributed by atoms with van der Waals surface area (Å²) in [6.07, 6.45) is 1.61. The molecule has 6 heteroatoms. The van der Waals surface area contributed by atoms with E-state index >= 15 is 0 Å². The van der Waals surface area contributed by atoms with Crippen LogP contribution in [0.2, 0.25) is 0 Å². The third kappa shape index (κ3) is 3.45. The van der Waals surface area contributed by atoms with Gasteiger partial charge in [0.25, 0.3) is 0 Å². The van der Waals surface area contributed by atoms with Crippen LogP contribution < -0.4 is 5.32 Å². The maximum Gasteiger partial charge on any atom is 0.239 e. The summed E-state index contributed by atoms with van der Waals surface area (Å²) in [6, 6.07) is 5.57.